The summed E-state index contributed by atoms with van der Waals surface area (Å²) in [6.45, 7) is 1.74. The molecule has 6 nitrogen and oxygen atoms in total. The first kappa shape index (κ1) is 15.0. The maximum Gasteiger partial charge on any atom is 0.308 e. The van der Waals surface area contributed by atoms with Crippen molar-refractivity contribution < 1.29 is 19.5 Å². The Morgan fingerprint density at radius 2 is 1.95 bits per heavy atom. The number of carboxylic acids is 1. The number of carboxylic acid groups (broad SMARTS) is 1. The molecule has 1 fully saturated rings. The van der Waals surface area contributed by atoms with Gasteiger partial charge in [0, 0.05) is 23.7 Å². The van der Waals surface area contributed by atoms with Crippen molar-refractivity contribution >= 4 is 17.8 Å². The van der Waals surface area contributed by atoms with Crippen molar-refractivity contribution in [3.63, 3.8) is 0 Å². The van der Waals surface area contributed by atoms with E-state index < -0.39 is 17.8 Å². The minimum Gasteiger partial charge on any atom is -0.481 e. The van der Waals surface area contributed by atoms with Crippen molar-refractivity contribution in [2.45, 2.75) is 25.8 Å². The average Bonchev–Trinajstić information content (AvgIpc) is 3.28. The summed E-state index contributed by atoms with van der Waals surface area (Å²) in [5, 5.41) is 9.00. The molecule has 1 aromatic rings. The molecule has 0 radical (unpaired) electrons. The quantitative estimate of drug-likeness (QED) is 0.819. The van der Waals surface area contributed by atoms with Crippen molar-refractivity contribution in [3.8, 4) is 0 Å². The van der Waals surface area contributed by atoms with Crippen LogP contribution in [0.2, 0.25) is 0 Å². The number of hydrogen-bond donors (Lipinski definition) is 2. The number of hydrogen-bond acceptors (Lipinski definition) is 3. The van der Waals surface area contributed by atoms with Crippen LogP contribution >= 0.6 is 0 Å². The second-order valence-electron chi connectivity index (χ2n) is 5.37. The largest absolute Gasteiger partial charge is 0.481 e. The number of amides is 2. The fraction of sp³-hybridized carbons (Fsp3) is 0.400. The van der Waals surface area contributed by atoms with Gasteiger partial charge in [-0.3, -0.25) is 14.4 Å². The molecule has 1 atom stereocenters. The van der Waals surface area contributed by atoms with Crippen molar-refractivity contribution in [3.05, 3.63) is 35.4 Å². The molecule has 0 spiro atoms. The molecule has 1 aliphatic rings. The Labute approximate surface area is 122 Å². The molecular weight excluding hydrogens is 272 g/mol. The molecule has 2 amide bonds. The number of rotatable bonds is 6. The summed E-state index contributed by atoms with van der Waals surface area (Å²) in [4.78, 5) is 36.3. The SMILES string of the molecule is CC(CN(C(=O)c1cccc(C(N)=O)c1)C1CC1)C(=O)O. The number of primary amides is 1. The molecule has 1 saturated carbocycles. The number of carbonyl (C=O) groups excluding carboxylic acids is 2. The van der Waals surface area contributed by atoms with Crippen molar-refractivity contribution in [2.75, 3.05) is 6.54 Å². The van der Waals surface area contributed by atoms with Gasteiger partial charge in [-0.2, -0.15) is 0 Å². The molecule has 0 bridgehead atoms. The summed E-state index contributed by atoms with van der Waals surface area (Å²) >= 11 is 0. The molecule has 6 heteroatoms. The van der Waals surface area contributed by atoms with E-state index in [-0.39, 0.29) is 24.1 Å². The van der Waals surface area contributed by atoms with Crippen LogP contribution in [0, 0.1) is 5.92 Å². The molecule has 0 aliphatic heterocycles. The Hall–Kier alpha value is -2.37. The first-order valence-corrected chi connectivity index (χ1v) is 6.83. The predicted octanol–water partition coefficient (Wildman–Crippen LogP) is 1.11. The third-order valence-corrected chi connectivity index (χ3v) is 3.53. The summed E-state index contributed by atoms with van der Waals surface area (Å²) in [6.07, 6.45) is 1.77. The van der Waals surface area contributed by atoms with E-state index in [4.69, 9.17) is 10.8 Å². The van der Waals surface area contributed by atoms with Gasteiger partial charge in [-0.05, 0) is 31.0 Å². The predicted molar refractivity (Wildman–Crippen MR) is 75.8 cm³/mol. The number of benzene rings is 1. The molecule has 3 N–H and O–H groups in total. The van der Waals surface area contributed by atoms with Gasteiger partial charge in [-0.25, -0.2) is 0 Å². The highest BCUT2D eigenvalue weighted by atomic mass is 16.4. The number of nitrogens with zero attached hydrogens (tertiary/aromatic N) is 1. The van der Waals surface area contributed by atoms with E-state index in [1.165, 1.54) is 6.07 Å². The zero-order valence-corrected chi connectivity index (χ0v) is 11.8. The minimum absolute atomic E-state index is 0.0940. The highest BCUT2D eigenvalue weighted by molar-refractivity contribution is 5.99. The first-order valence-electron chi connectivity index (χ1n) is 6.83. The Morgan fingerprint density at radius 1 is 1.33 bits per heavy atom. The minimum atomic E-state index is -0.931. The summed E-state index contributed by atoms with van der Waals surface area (Å²) in [7, 11) is 0. The number of nitrogens with two attached hydrogens (primary N) is 1. The van der Waals surface area contributed by atoms with Crippen LogP contribution in [0.25, 0.3) is 0 Å². The van der Waals surface area contributed by atoms with E-state index in [0.29, 0.717) is 5.56 Å². The van der Waals surface area contributed by atoms with Gasteiger partial charge in [-0.1, -0.05) is 13.0 Å². The van der Waals surface area contributed by atoms with Gasteiger partial charge in [-0.15, -0.1) is 0 Å². The fourth-order valence-electron chi connectivity index (χ4n) is 2.13. The highest BCUT2D eigenvalue weighted by Gasteiger charge is 2.35. The van der Waals surface area contributed by atoms with E-state index in [1.54, 1.807) is 30.0 Å². The highest BCUT2D eigenvalue weighted by Crippen LogP contribution is 2.29. The lowest BCUT2D eigenvalue weighted by Crippen LogP contribution is -2.38. The zero-order chi connectivity index (χ0) is 15.6. The van der Waals surface area contributed by atoms with Gasteiger partial charge in [0.25, 0.3) is 5.91 Å². The lowest BCUT2D eigenvalue weighted by Gasteiger charge is -2.24. The fourth-order valence-corrected chi connectivity index (χ4v) is 2.13. The van der Waals surface area contributed by atoms with Gasteiger partial charge in [0.2, 0.25) is 5.91 Å². The van der Waals surface area contributed by atoms with Gasteiger partial charge in [0.1, 0.15) is 0 Å². The van der Waals surface area contributed by atoms with Crippen LogP contribution in [0.5, 0.6) is 0 Å². The third kappa shape index (κ3) is 3.59. The van der Waals surface area contributed by atoms with E-state index in [2.05, 4.69) is 0 Å². The molecule has 2 rings (SSSR count). The van der Waals surface area contributed by atoms with Crippen molar-refractivity contribution in [1.29, 1.82) is 0 Å². The number of aliphatic carboxylic acids is 1. The molecule has 0 saturated heterocycles. The maximum absolute atomic E-state index is 12.5. The normalized spacial score (nSPS) is 15.3. The molecule has 21 heavy (non-hydrogen) atoms. The van der Waals surface area contributed by atoms with Crippen LogP contribution in [0.3, 0.4) is 0 Å². The van der Waals surface area contributed by atoms with Gasteiger partial charge in [0.05, 0.1) is 5.92 Å². The Bertz CT molecular complexity index is 581. The molecule has 1 aromatic carbocycles. The van der Waals surface area contributed by atoms with Crippen LogP contribution in [0.4, 0.5) is 0 Å². The Kier molecular flexibility index (Phi) is 4.26. The number of carbonyl (C=O) groups is 3. The van der Waals surface area contributed by atoms with E-state index in [9.17, 15) is 14.4 Å². The van der Waals surface area contributed by atoms with Gasteiger partial charge < -0.3 is 15.7 Å². The summed E-state index contributed by atoms with van der Waals surface area (Å²) in [5.74, 6) is -2.41. The van der Waals surface area contributed by atoms with E-state index in [0.717, 1.165) is 12.8 Å². The van der Waals surface area contributed by atoms with Crippen LogP contribution < -0.4 is 5.73 Å². The van der Waals surface area contributed by atoms with Crippen molar-refractivity contribution in [2.24, 2.45) is 11.7 Å². The standard InChI is InChI=1S/C15H18N2O4/c1-9(15(20)21)8-17(12-5-6-12)14(19)11-4-2-3-10(7-11)13(16)18/h2-4,7,9,12H,5-6,8H2,1H3,(H2,16,18)(H,20,21). The van der Waals surface area contributed by atoms with E-state index >= 15 is 0 Å². The lowest BCUT2D eigenvalue weighted by atomic mass is 10.1. The molecule has 1 unspecified atom stereocenters. The van der Waals surface area contributed by atoms with Gasteiger partial charge in [0.15, 0.2) is 0 Å². The first-order chi connectivity index (χ1) is 9.90. The Balaban J connectivity index is 2.20. The molecule has 112 valence electrons. The Morgan fingerprint density at radius 3 is 2.48 bits per heavy atom. The second-order valence-corrected chi connectivity index (χ2v) is 5.37. The lowest BCUT2D eigenvalue weighted by molar-refractivity contribution is -0.141. The summed E-state index contributed by atoms with van der Waals surface area (Å²) < 4.78 is 0. The second kappa shape index (κ2) is 5.95. The van der Waals surface area contributed by atoms with Crippen LogP contribution in [-0.4, -0.2) is 40.4 Å². The van der Waals surface area contributed by atoms with Gasteiger partial charge >= 0.3 is 5.97 Å². The molecular formula is C15H18N2O4. The van der Waals surface area contributed by atoms with Crippen LogP contribution in [0.15, 0.2) is 24.3 Å². The van der Waals surface area contributed by atoms with Crippen LogP contribution in [0.1, 0.15) is 40.5 Å². The summed E-state index contributed by atoms with van der Waals surface area (Å²) in [5.41, 5.74) is 5.83. The van der Waals surface area contributed by atoms with E-state index in [1.807, 2.05) is 0 Å². The monoisotopic (exact) mass is 290 g/mol. The van der Waals surface area contributed by atoms with Crippen molar-refractivity contribution in [1.82, 2.24) is 4.90 Å². The average molecular weight is 290 g/mol. The molecule has 0 heterocycles. The third-order valence-electron chi connectivity index (χ3n) is 3.53. The topological polar surface area (TPSA) is 101 Å². The zero-order valence-electron chi connectivity index (χ0n) is 11.8. The smallest absolute Gasteiger partial charge is 0.308 e. The summed E-state index contributed by atoms with van der Waals surface area (Å²) in [6, 6.07) is 6.29. The van der Waals surface area contributed by atoms with Crippen LogP contribution in [-0.2, 0) is 4.79 Å². The maximum atomic E-state index is 12.5. The molecule has 0 aromatic heterocycles. The molecule has 1 aliphatic carbocycles.